The number of carbonyl (C=O) groups is 2. The number of carbonyl (C=O) groups excluding carboxylic acids is 2. The SMILES string of the molecule is CCOC(=O)N1C2CCC1CC(NCCNC(=O)C1CCCCC1)C2. The van der Waals surface area contributed by atoms with Gasteiger partial charge in [-0.05, 0) is 45.4 Å². The number of amides is 2. The molecule has 2 atom stereocenters. The Bertz CT molecular complexity index is 451. The second-order valence-corrected chi connectivity index (χ2v) is 7.74. The van der Waals surface area contributed by atoms with Crippen LogP contribution in [0.25, 0.3) is 0 Å². The van der Waals surface area contributed by atoms with Crippen LogP contribution in [0.4, 0.5) is 4.79 Å². The highest BCUT2D eigenvalue weighted by atomic mass is 16.6. The average Bonchev–Trinajstić information content (AvgIpc) is 2.90. The van der Waals surface area contributed by atoms with E-state index in [1.54, 1.807) is 0 Å². The summed E-state index contributed by atoms with van der Waals surface area (Å²) in [5.41, 5.74) is 0. The number of nitrogens with one attached hydrogen (secondary N) is 2. The molecule has 2 heterocycles. The van der Waals surface area contributed by atoms with Gasteiger partial charge in [0.15, 0.2) is 0 Å². The quantitative estimate of drug-likeness (QED) is 0.721. The lowest BCUT2D eigenvalue weighted by Gasteiger charge is -2.38. The first-order chi connectivity index (χ1) is 12.2. The molecule has 1 saturated carbocycles. The van der Waals surface area contributed by atoms with Crippen LogP contribution in [0.5, 0.6) is 0 Å². The molecule has 3 rings (SSSR count). The number of rotatable bonds is 6. The number of piperidine rings is 1. The van der Waals surface area contributed by atoms with Gasteiger partial charge in [0.2, 0.25) is 5.91 Å². The fourth-order valence-corrected chi connectivity index (χ4v) is 4.81. The largest absolute Gasteiger partial charge is 0.450 e. The number of nitrogens with zero attached hydrogens (tertiary/aromatic N) is 1. The van der Waals surface area contributed by atoms with Crippen molar-refractivity contribution in [3.05, 3.63) is 0 Å². The van der Waals surface area contributed by atoms with E-state index in [0.29, 0.717) is 31.3 Å². The second-order valence-electron chi connectivity index (χ2n) is 7.74. The monoisotopic (exact) mass is 351 g/mol. The predicted molar refractivity (Wildman–Crippen MR) is 96.3 cm³/mol. The lowest BCUT2D eigenvalue weighted by atomic mass is 9.89. The zero-order valence-electron chi connectivity index (χ0n) is 15.5. The average molecular weight is 351 g/mol. The van der Waals surface area contributed by atoms with Gasteiger partial charge in [-0.2, -0.15) is 0 Å². The van der Waals surface area contributed by atoms with E-state index in [4.69, 9.17) is 4.74 Å². The number of ether oxygens (including phenoxy) is 1. The Labute approximate surface area is 151 Å². The maximum atomic E-state index is 12.1. The Balaban J connectivity index is 1.35. The molecule has 142 valence electrons. The van der Waals surface area contributed by atoms with Crippen molar-refractivity contribution in [2.75, 3.05) is 19.7 Å². The van der Waals surface area contributed by atoms with Crippen molar-refractivity contribution in [3.8, 4) is 0 Å². The molecule has 0 radical (unpaired) electrons. The molecule has 6 heteroatoms. The summed E-state index contributed by atoms with van der Waals surface area (Å²) >= 11 is 0. The van der Waals surface area contributed by atoms with Crippen LogP contribution in [0.15, 0.2) is 0 Å². The molecule has 2 aliphatic heterocycles. The number of hydrogen-bond donors (Lipinski definition) is 2. The van der Waals surface area contributed by atoms with E-state index in [9.17, 15) is 9.59 Å². The summed E-state index contributed by atoms with van der Waals surface area (Å²) in [6, 6.07) is 1.06. The van der Waals surface area contributed by atoms with Gasteiger partial charge in [0.05, 0.1) is 6.61 Å². The van der Waals surface area contributed by atoms with E-state index in [-0.39, 0.29) is 17.9 Å². The lowest BCUT2D eigenvalue weighted by molar-refractivity contribution is -0.125. The highest BCUT2D eigenvalue weighted by Gasteiger charge is 2.43. The molecule has 2 amide bonds. The summed E-state index contributed by atoms with van der Waals surface area (Å²) in [7, 11) is 0. The van der Waals surface area contributed by atoms with Gasteiger partial charge in [-0.15, -0.1) is 0 Å². The van der Waals surface area contributed by atoms with Gasteiger partial charge in [-0.25, -0.2) is 4.79 Å². The van der Waals surface area contributed by atoms with Crippen molar-refractivity contribution in [2.45, 2.75) is 82.8 Å². The topological polar surface area (TPSA) is 70.7 Å². The molecule has 2 N–H and O–H groups in total. The van der Waals surface area contributed by atoms with Crippen LogP contribution >= 0.6 is 0 Å². The molecule has 2 saturated heterocycles. The van der Waals surface area contributed by atoms with Crippen LogP contribution < -0.4 is 10.6 Å². The normalized spacial score (nSPS) is 29.5. The summed E-state index contributed by atoms with van der Waals surface area (Å²) in [6.07, 6.45) is 9.77. The van der Waals surface area contributed by atoms with Crippen LogP contribution in [0, 0.1) is 5.92 Å². The summed E-state index contributed by atoms with van der Waals surface area (Å²) in [6.45, 7) is 3.80. The van der Waals surface area contributed by atoms with Crippen LogP contribution in [0.3, 0.4) is 0 Å². The molecule has 6 nitrogen and oxygen atoms in total. The number of hydrogen-bond acceptors (Lipinski definition) is 4. The molecule has 2 unspecified atom stereocenters. The Morgan fingerprint density at radius 1 is 1.00 bits per heavy atom. The lowest BCUT2D eigenvalue weighted by Crippen LogP contribution is -2.52. The molecule has 1 aliphatic carbocycles. The van der Waals surface area contributed by atoms with Gasteiger partial charge in [0, 0.05) is 37.1 Å². The van der Waals surface area contributed by atoms with Crippen LogP contribution in [-0.4, -0.2) is 54.7 Å². The smallest absolute Gasteiger partial charge is 0.410 e. The van der Waals surface area contributed by atoms with Crippen molar-refractivity contribution in [2.24, 2.45) is 5.92 Å². The van der Waals surface area contributed by atoms with Crippen LogP contribution in [0.1, 0.15) is 64.7 Å². The first-order valence-electron chi connectivity index (χ1n) is 10.1. The van der Waals surface area contributed by atoms with Crippen molar-refractivity contribution in [3.63, 3.8) is 0 Å². The summed E-state index contributed by atoms with van der Waals surface area (Å²) < 4.78 is 5.20. The zero-order valence-corrected chi connectivity index (χ0v) is 15.5. The van der Waals surface area contributed by atoms with Crippen molar-refractivity contribution < 1.29 is 14.3 Å². The highest BCUT2D eigenvalue weighted by Crippen LogP contribution is 2.36. The molecular formula is C19H33N3O3. The minimum absolute atomic E-state index is 0.145. The molecule has 25 heavy (non-hydrogen) atoms. The second kappa shape index (κ2) is 8.88. The third-order valence-electron chi connectivity index (χ3n) is 6.04. The first-order valence-corrected chi connectivity index (χ1v) is 10.1. The summed E-state index contributed by atoms with van der Waals surface area (Å²) in [4.78, 5) is 26.2. The molecule has 3 aliphatic rings. The van der Waals surface area contributed by atoms with E-state index >= 15 is 0 Å². The molecule has 3 fully saturated rings. The Morgan fingerprint density at radius 3 is 2.32 bits per heavy atom. The van der Waals surface area contributed by atoms with Gasteiger partial charge in [0.1, 0.15) is 0 Å². The molecule has 0 aromatic heterocycles. The fraction of sp³-hybridized carbons (Fsp3) is 0.895. The maximum absolute atomic E-state index is 12.1. The molecule has 0 aromatic rings. The standard InChI is InChI=1S/C19H33N3O3/c1-2-25-19(24)22-16-8-9-17(22)13-15(12-16)20-10-11-21-18(23)14-6-4-3-5-7-14/h14-17,20H,2-13H2,1H3,(H,21,23). The molecule has 0 aromatic carbocycles. The minimum atomic E-state index is -0.145. The third kappa shape index (κ3) is 4.66. The minimum Gasteiger partial charge on any atom is -0.450 e. The van der Waals surface area contributed by atoms with Gasteiger partial charge in [-0.3, -0.25) is 4.79 Å². The molecule has 0 spiro atoms. The molecular weight excluding hydrogens is 318 g/mol. The third-order valence-corrected chi connectivity index (χ3v) is 6.04. The van der Waals surface area contributed by atoms with E-state index in [1.807, 2.05) is 11.8 Å². The fourth-order valence-electron chi connectivity index (χ4n) is 4.81. The van der Waals surface area contributed by atoms with Gasteiger partial charge in [-0.1, -0.05) is 19.3 Å². The Morgan fingerprint density at radius 2 is 1.68 bits per heavy atom. The van der Waals surface area contributed by atoms with Gasteiger partial charge in [0.25, 0.3) is 0 Å². The maximum Gasteiger partial charge on any atom is 0.410 e. The zero-order chi connectivity index (χ0) is 17.6. The van der Waals surface area contributed by atoms with Gasteiger partial charge < -0.3 is 20.3 Å². The number of fused-ring (bicyclic) bond motifs is 2. The predicted octanol–water partition coefficient (Wildman–Crippen LogP) is 2.42. The Hall–Kier alpha value is -1.30. The van der Waals surface area contributed by atoms with Crippen molar-refractivity contribution in [1.29, 1.82) is 0 Å². The van der Waals surface area contributed by atoms with Crippen LogP contribution in [-0.2, 0) is 9.53 Å². The first kappa shape index (κ1) is 18.5. The molecule has 2 bridgehead atoms. The summed E-state index contributed by atoms with van der Waals surface area (Å²) in [5, 5.41) is 6.67. The van der Waals surface area contributed by atoms with E-state index in [1.165, 1.54) is 19.3 Å². The van der Waals surface area contributed by atoms with Gasteiger partial charge >= 0.3 is 6.09 Å². The highest BCUT2D eigenvalue weighted by molar-refractivity contribution is 5.78. The van der Waals surface area contributed by atoms with Crippen molar-refractivity contribution >= 4 is 12.0 Å². The Kier molecular flexibility index (Phi) is 6.57. The van der Waals surface area contributed by atoms with E-state index < -0.39 is 0 Å². The van der Waals surface area contributed by atoms with Crippen LogP contribution in [0.2, 0.25) is 0 Å². The van der Waals surface area contributed by atoms with E-state index in [0.717, 1.165) is 45.1 Å². The summed E-state index contributed by atoms with van der Waals surface area (Å²) in [5.74, 6) is 0.469. The van der Waals surface area contributed by atoms with Crippen molar-refractivity contribution in [1.82, 2.24) is 15.5 Å². The van der Waals surface area contributed by atoms with E-state index in [2.05, 4.69) is 10.6 Å².